The standard InChI is InChI=1S/C12H17N5O2/c1-12(2,3)8-10(19)17-11(14-13-8)16-6-4-5-7(16)9(18)15-17/h7H,4-6H2,1-3H3,(H,15,18). The molecule has 0 aromatic carbocycles. The molecule has 3 heterocycles. The lowest BCUT2D eigenvalue weighted by Crippen LogP contribution is -2.54. The summed E-state index contributed by atoms with van der Waals surface area (Å²) in [5.74, 6) is 0.306. The van der Waals surface area contributed by atoms with E-state index in [0.29, 0.717) is 11.6 Å². The first-order valence-corrected chi connectivity index (χ1v) is 6.47. The Morgan fingerprint density at radius 3 is 2.68 bits per heavy atom. The second kappa shape index (κ2) is 3.79. The Labute approximate surface area is 110 Å². The molecule has 1 atom stereocenters. The molecule has 7 nitrogen and oxygen atoms in total. The summed E-state index contributed by atoms with van der Waals surface area (Å²) in [6.07, 6.45) is 1.72. The van der Waals surface area contributed by atoms with Crippen LogP contribution in [0.4, 0.5) is 5.95 Å². The van der Waals surface area contributed by atoms with E-state index in [1.165, 1.54) is 4.68 Å². The summed E-state index contributed by atoms with van der Waals surface area (Å²) in [4.78, 5) is 26.3. The first kappa shape index (κ1) is 12.1. The lowest BCUT2D eigenvalue weighted by molar-refractivity contribution is -0.118. The van der Waals surface area contributed by atoms with Crippen molar-refractivity contribution in [1.82, 2.24) is 14.9 Å². The SMILES string of the molecule is CC(C)(C)c1nnc2n(c1=O)NC(=O)C1CCCN21. The zero-order valence-electron chi connectivity index (χ0n) is 11.3. The van der Waals surface area contributed by atoms with E-state index in [4.69, 9.17) is 0 Å². The molecule has 1 fully saturated rings. The summed E-state index contributed by atoms with van der Waals surface area (Å²) in [5.41, 5.74) is 2.29. The van der Waals surface area contributed by atoms with Gasteiger partial charge in [0.1, 0.15) is 11.7 Å². The molecule has 1 unspecified atom stereocenters. The molecule has 1 amide bonds. The van der Waals surface area contributed by atoms with Crippen LogP contribution < -0.4 is 15.9 Å². The second-order valence-electron chi connectivity index (χ2n) is 6.07. The highest BCUT2D eigenvalue weighted by molar-refractivity contribution is 5.93. The maximum atomic E-state index is 12.4. The third-order valence-corrected chi connectivity index (χ3v) is 3.59. The lowest BCUT2D eigenvalue weighted by atomic mass is 9.93. The topological polar surface area (TPSA) is 80.1 Å². The average Bonchev–Trinajstić information content (AvgIpc) is 2.79. The number of aromatic nitrogens is 3. The van der Waals surface area contributed by atoms with Gasteiger partial charge < -0.3 is 4.90 Å². The molecule has 0 spiro atoms. The normalized spacial score (nSPS) is 21.9. The fourth-order valence-electron chi connectivity index (χ4n) is 2.60. The minimum absolute atomic E-state index is 0.139. The molecule has 0 aliphatic carbocycles. The minimum Gasteiger partial charge on any atom is -0.327 e. The molecular formula is C12H17N5O2. The van der Waals surface area contributed by atoms with E-state index in [1.807, 2.05) is 25.7 Å². The van der Waals surface area contributed by atoms with E-state index in [1.54, 1.807) is 0 Å². The van der Waals surface area contributed by atoms with Gasteiger partial charge in [-0.15, -0.1) is 10.2 Å². The number of rotatable bonds is 0. The van der Waals surface area contributed by atoms with Crippen molar-refractivity contribution in [2.24, 2.45) is 0 Å². The van der Waals surface area contributed by atoms with Crippen LogP contribution in [0, 0.1) is 0 Å². The highest BCUT2D eigenvalue weighted by atomic mass is 16.2. The zero-order chi connectivity index (χ0) is 13.8. The molecule has 1 N–H and O–H groups in total. The van der Waals surface area contributed by atoms with Crippen molar-refractivity contribution in [1.29, 1.82) is 0 Å². The predicted molar refractivity (Wildman–Crippen MR) is 69.7 cm³/mol. The molecule has 1 saturated heterocycles. The number of fused-ring (bicyclic) bond motifs is 3. The van der Waals surface area contributed by atoms with E-state index in [2.05, 4.69) is 15.6 Å². The summed E-state index contributed by atoms with van der Waals surface area (Å²) in [6.45, 7) is 6.43. The number of hydrogen-bond acceptors (Lipinski definition) is 5. The van der Waals surface area contributed by atoms with Crippen LogP contribution in [0.2, 0.25) is 0 Å². The molecule has 1 aromatic rings. The van der Waals surface area contributed by atoms with E-state index >= 15 is 0 Å². The van der Waals surface area contributed by atoms with Crippen molar-refractivity contribution in [2.45, 2.75) is 45.1 Å². The van der Waals surface area contributed by atoms with Crippen molar-refractivity contribution in [3.8, 4) is 0 Å². The fraction of sp³-hybridized carbons (Fsp3) is 0.667. The van der Waals surface area contributed by atoms with Crippen molar-refractivity contribution in [3.05, 3.63) is 16.0 Å². The van der Waals surface area contributed by atoms with Crippen molar-refractivity contribution >= 4 is 11.9 Å². The summed E-state index contributed by atoms with van der Waals surface area (Å²) >= 11 is 0. The van der Waals surface area contributed by atoms with Crippen LogP contribution in [0.25, 0.3) is 0 Å². The minimum atomic E-state index is -0.404. The molecule has 0 saturated carbocycles. The smallest absolute Gasteiger partial charge is 0.296 e. The first-order valence-electron chi connectivity index (χ1n) is 6.47. The van der Waals surface area contributed by atoms with Crippen LogP contribution in [0.5, 0.6) is 0 Å². The Hall–Kier alpha value is -1.92. The summed E-state index contributed by atoms with van der Waals surface area (Å²) in [6, 6.07) is -0.214. The fourth-order valence-corrected chi connectivity index (χ4v) is 2.60. The van der Waals surface area contributed by atoms with Crippen molar-refractivity contribution in [2.75, 3.05) is 16.9 Å². The molecule has 3 rings (SSSR count). The number of amides is 1. The Morgan fingerprint density at radius 1 is 1.26 bits per heavy atom. The van der Waals surface area contributed by atoms with Gasteiger partial charge in [0.2, 0.25) is 5.95 Å². The number of carbonyl (C=O) groups excluding carboxylic acids is 1. The molecule has 0 bridgehead atoms. The summed E-state index contributed by atoms with van der Waals surface area (Å²) in [5, 5.41) is 8.22. The zero-order valence-corrected chi connectivity index (χ0v) is 11.3. The molecule has 102 valence electrons. The van der Waals surface area contributed by atoms with Crippen molar-refractivity contribution < 1.29 is 4.79 Å². The molecule has 2 aliphatic rings. The van der Waals surface area contributed by atoms with Crippen LogP contribution in [0.1, 0.15) is 39.3 Å². The van der Waals surface area contributed by atoms with Crippen LogP contribution in [0.3, 0.4) is 0 Å². The van der Waals surface area contributed by atoms with E-state index < -0.39 is 5.41 Å². The maximum absolute atomic E-state index is 12.4. The Balaban J connectivity index is 2.17. The lowest BCUT2D eigenvalue weighted by Gasteiger charge is -2.32. The molecule has 19 heavy (non-hydrogen) atoms. The largest absolute Gasteiger partial charge is 0.327 e. The molecule has 1 aromatic heterocycles. The first-order chi connectivity index (χ1) is 8.89. The number of nitrogens with one attached hydrogen (secondary N) is 1. The summed E-state index contributed by atoms with van der Waals surface area (Å²) in [7, 11) is 0. The Bertz CT molecular complexity index is 601. The van der Waals surface area contributed by atoms with Crippen LogP contribution >= 0.6 is 0 Å². The van der Waals surface area contributed by atoms with Gasteiger partial charge in [-0.3, -0.25) is 15.0 Å². The third-order valence-electron chi connectivity index (χ3n) is 3.59. The Morgan fingerprint density at radius 2 is 2.00 bits per heavy atom. The van der Waals surface area contributed by atoms with Crippen molar-refractivity contribution in [3.63, 3.8) is 0 Å². The van der Waals surface area contributed by atoms with E-state index in [-0.39, 0.29) is 17.5 Å². The van der Waals surface area contributed by atoms with Crippen LogP contribution in [0.15, 0.2) is 4.79 Å². The number of hydrogen-bond donors (Lipinski definition) is 1. The van der Waals surface area contributed by atoms with Crippen LogP contribution in [-0.2, 0) is 10.2 Å². The molecule has 7 heteroatoms. The van der Waals surface area contributed by atoms with Gasteiger partial charge in [0.15, 0.2) is 0 Å². The van der Waals surface area contributed by atoms with Gasteiger partial charge in [-0.25, -0.2) is 0 Å². The van der Waals surface area contributed by atoms with E-state index in [9.17, 15) is 9.59 Å². The molecular weight excluding hydrogens is 246 g/mol. The number of anilines is 1. The summed E-state index contributed by atoms with van der Waals surface area (Å²) < 4.78 is 1.23. The quantitative estimate of drug-likeness (QED) is 0.712. The monoisotopic (exact) mass is 263 g/mol. The second-order valence-corrected chi connectivity index (χ2v) is 6.07. The predicted octanol–water partition coefficient (Wildman–Crippen LogP) is -0.0117. The van der Waals surface area contributed by atoms with Gasteiger partial charge in [0, 0.05) is 12.0 Å². The molecule has 2 aliphatic heterocycles. The molecule has 0 radical (unpaired) electrons. The van der Waals surface area contributed by atoms with Gasteiger partial charge in [-0.1, -0.05) is 20.8 Å². The van der Waals surface area contributed by atoms with E-state index in [0.717, 1.165) is 19.4 Å². The average molecular weight is 263 g/mol. The maximum Gasteiger partial charge on any atom is 0.296 e. The van der Waals surface area contributed by atoms with Gasteiger partial charge >= 0.3 is 0 Å². The van der Waals surface area contributed by atoms with Gasteiger partial charge in [0.05, 0.1) is 0 Å². The Kier molecular flexibility index (Phi) is 2.42. The van der Waals surface area contributed by atoms with Gasteiger partial charge in [-0.2, -0.15) is 4.68 Å². The highest BCUT2D eigenvalue weighted by Crippen LogP contribution is 2.26. The third kappa shape index (κ3) is 1.72. The highest BCUT2D eigenvalue weighted by Gasteiger charge is 2.39. The number of carbonyl (C=O) groups is 1. The van der Waals surface area contributed by atoms with Gasteiger partial charge in [-0.05, 0) is 12.8 Å². The number of nitrogens with zero attached hydrogens (tertiary/aromatic N) is 4. The van der Waals surface area contributed by atoms with Crippen LogP contribution in [-0.4, -0.2) is 33.4 Å². The van der Waals surface area contributed by atoms with Gasteiger partial charge in [0.25, 0.3) is 11.5 Å².